The number of fused-ring (bicyclic) bond motifs is 6. The maximum Gasteiger partial charge on any atom is 0.0465 e. The molecule has 0 aliphatic heterocycles. The zero-order chi connectivity index (χ0) is 36.4. The Balaban J connectivity index is 1.09. The van der Waals surface area contributed by atoms with Crippen molar-refractivity contribution < 1.29 is 0 Å². The van der Waals surface area contributed by atoms with E-state index in [4.69, 9.17) is 0 Å². The second-order valence-electron chi connectivity index (χ2n) is 15.5. The summed E-state index contributed by atoms with van der Waals surface area (Å²) >= 11 is 0. The molecule has 0 N–H and O–H groups in total. The lowest BCUT2D eigenvalue weighted by molar-refractivity contribution is 0.660. The van der Waals surface area contributed by atoms with Crippen molar-refractivity contribution in [3.05, 3.63) is 222 Å². The van der Waals surface area contributed by atoms with Crippen LogP contribution in [0.5, 0.6) is 0 Å². The minimum absolute atomic E-state index is 0.0913. The van der Waals surface area contributed by atoms with Crippen LogP contribution in [-0.4, -0.2) is 0 Å². The Labute approximate surface area is 318 Å². The molecule has 8 aromatic carbocycles. The first-order chi connectivity index (χ1) is 26.4. The average Bonchev–Trinajstić information content (AvgIpc) is 3.63. The van der Waals surface area contributed by atoms with Crippen molar-refractivity contribution in [1.29, 1.82) is 0 Å². The van der Waals surface area contributed by atoms with Crippen LogP contribution < -0.4 is 4.90 Å². The number of benzene rings is 8. The number of hydrogen-bond donors (Lipinski definition) is 0. The van der Waals surface area contributed by atoms with Crippen molar-refractivity contribution in [3.8, 4) is 44.5 Å². The lowest BCUT2D eigenvalue weighted by atomic mass is 9.72. The van der Waals surface area contributed by atoms with Gasteiger partial charge in [0.2, 0.25) is 0 Å². The van der Waals surface area contributed by atoms with Gasteiger partial charge >= 0.3 is 0 Å². The standard InChI is InChI=1S/C53H41N/c1-52(2)47-21-11-8-18-43(47)46-34-33-41(35-51(46)52)54(39-29-25-37(26-30-39)36-15-5-4-6-16-36)40-31-27-38(28-32-40)42-17-7-12-22-48(42)53(3)49-23-13-9-19-44(49)45-20-10-14-24-50(45)53/h4-35H,1-3H3. The first-order valence-corrected chi connectivity index (χ1v) is 19.0. The van der Waals surface area contributed by atoms with Gasteiger partial charge in [0.05, 0.1) is 0 Å². The van der Waals surface area contributed by atoms with Gasteiger partial charge in [0, 0.05) is 27.9 Å². The third kappa shape index (κ3) is 4.85. The molecule has 54 heavy (non-hydrogen) atoms. The van der Waals surface area contributed by atoms with Crippen molar-refractivity contribution in [2.75, 3.05) is 4.90 Å². The molecule has 0 saturated carbocycles. The molecular weight excluding hydrogens is 651 g/mol. The topological polar surface area (TPSA) is 3.24 Å². The van der Waals surface area contributed by atoms with E-state index < -0.39 is 0 Å². The summed E-state index contributed by atoms with van der Waals surface area (Å²) < 4.78 is 0. The van der Waals surface area contributed by atoms with Crippen molar-refractivity contribution >= 4 is 17.1 Å². The summed E-state index contributed by atoms with van der Waals surface area (Å²) in [6.07, 6.45) is 0. The van der Waals surface area contributed by atoms with E-state index in [1.807, 2.05) is 0 Å². The fraction of sp³-hybridized carbons (Fsp3) is 0.0943. The summed E-state index contributed by atoms with van der Waals surface area (Å²) in [5.41, 5.74) is 20.1. The highest BCUT2D eigenvalue weighted by Crippen LogP contribution is 2.54. The van der Waals surface area contributed by atoms with E-state index in [1.165, 1.54) is 72.3 Å². The minimum atomic E-state index is -0.274. The molecule has 0 unspecified atom stereocenters. The van der Waals surface area contributed by atoms with Gasteiger partial charge in [0.25, 0.3) is 0 Å². The van der Waals surface area contributed by atoms with Crippen molar-refractivity contribution in [1.82, 2.24) is 0 Å². The number of rotatable bonds is 6. The van der Waals surface area contributed by atoms with Gasteiger partial charge in [0.15, 0.2) is 0 Å². The van der Waals surface area contributed by atoms with Crippen molar-refractivity contribution in [2.45, 2.75) is 31.6 Å². The van der Waals surface area contributed by atoms with Gasteiger partial charge in [-0.15, -0.1) is 0 Å². The maximum absolute atomic E-state index is 2.42. The van der Waals surface area contributed by atoms with Gasteiger partial charge in [-0.1, -0.05) is 172 Å². The van der Waals surface area contributed by atoms with Crippen molar-refractivity contribution in [3.63, 3.8) is 0 Å². The Kier molecular flexibility index (Phi) is 7.35. The van der Waals surface area contributed by atoms with Crippen LogP contribution >= 0.6 is 0 Å². The molecule has 0 heterocycles. The highest BCUT2D eigenvalue weighted by molar-refractivity contribution is 5.88. The molecule has 8 aromatic rings. The third-order valence-electron chi connectivity index (χ3n) is 12.2. The molecule has 1 nitrogen and oxygen atoms in total. The Bertz CT molecular complexity index is 2640. The minimum Gasteiger partial charge on any atom is -0.310 e. The Morgan fingerprint density at radius 2 is 0.685 bits per heavy atom. The summed E-state index contributed by atoms with van der Waals surface area (Å²) in [6, 6.07) is 71.6. The average molecular weight is 692 g/mol. The normalized spacial score (nSPS) is 14.1. The second kappa shape index (κ2) is 12.3. The van der Waals surface area contributed by atoms with Crippen LogP contribution in [0.4, 0.5) is 17.1 Å². The molecule has 0 amide bonds. The Morgan fingerprint density at radius 1 is 0.296 bits per heavy atom. The zero-order valence-electron chi connectivity index (χ0n) is 30.9. The first-order valence-electron chi connectivity index (χ1n) is 19.0. The third-order valence-corrected chi connectivity index (χ3v) is 12.2. The number of anilines is 3. The molecule has 0 spiro atoms. The van der Waals surface area contributed by atoms with Crippen LogP contribution in [0.25, 0.3) is 44.5 Å². The van der Waals surface area contributed by atoms with Gasteiger partial charge < -0.3 is 4.90 Å². The first kappa shape index (κ1) is 32.2. The van der Waals surface area contributed by atoms with E-state index in [-0.39, 0.29) is 10.8 Å². The largest absolute Gasteiger partial charge is 0.310 e. The molecule has 0 saturated heterocycles. The van der Waals surface area contributed by atoms with Gasteiger partial charge in [0.1, 0.15) is 0 Å². The van der Waals surface area contributed by atoms with E-state index >= 15 is 0 Å². The van der Waals surface area contributed by atoms with E-state index in [2.05, 4.69) is 220 Å². The molecule has 258 valence electrons. The lowest BCUT2D eigenvalue weighted by Crippen LogP contribution is -2.23. The van der Waals surface area contributed by atoms with Crippen LogP contribution in [0, 0.1) is 0 Å². The predicted molar refractivity (Wildman–Crippen MR) is 227 cm³/mol. The summed E-state index contributed by atoms with van der Waals surface area (Å²) in [5.74, 6) is 0. The fourth-order valence-corrected chi connectivity index (χ4v) is 9.42. The molecule has 1 heteroatoms. The SMILES string of the molecule is CC1(C)c2ccccc2-c2ccc(N(c3ccc(-c4ccccc4)cc3)c3ccc(-c4ccccc4C4(C)c5ccccc5-c5ccccc54)cc3)cc21. The van der Waals surface area contributed by atoms with E-state index in [1.54, 1.807) is 0 Å². The molecule has 0 radical (unpaired) electrons. The van der Waals surface area contributed by atoms with Crippen LogP contribution in [0.2, 0.25) is 0 Å². The molecule has 2 aliphatic carbocycles. The van der Waals surface area contributed by atoms with Gasteiger partial charge in [-0.25, -0.2) is 0 Å². The second-order valence-corrected chi connectivity index (χ2v) is 15.5. The lowest BCUT2D eigenvalue weighted by Gasteiger charge is -2.31. The van der Waals surface area contributed by atoms with Crippen molar-refractivity contribution in [2.24, 2.45) is 0 Å². The molecule has 0 bridgehead atoms. The summed E-state index contributed by atoms with van der Waals surface area (Å²) in [6.45, 7) is 7.11. The molecular formula is C53H41N. The van der Waals surface area contributed by atoms with Gasteiger partial charge in [-0.3, -0.25) is 0 Å². The highest BCUT2D eigenvalue weighted by Gasteiger charge is 2.41. The number of hydrogen-bond acceptors (Lipinski definition) is 1. The zero-order valence-corrected chi connectivity index (χ0v) is 30.9. The summed E-state index contributed by atoms with van der Waals surface area (Å²) in [7, 11) is 0. The van der Waals surface area contributed by atoms with E-state index in [0.717, 1.165) is 17.1 Å². The van der Waals surface area contributed by atoms with E-state index in [9.17, 15) is 0 Å². The summed E-state index contributed by atoms with van der Waals surface area (Å²) in [4.78, 5) is 2.41. The van der Waals surface area contributed by atoms with Crippen LogP contribution in [0.3, 0.4) is 0 Å². The molecule has 0 fully saturated rings. The van der Waals surface area contributed by atoms with Gasteiger partial charge in [-0.2, -0.15) is 0 Å². The smallest absolute Gasteiger partial charge is 0.0465 e. The van der Waals surface area contributed by atoms with Gasteiger partial charge in [-0.05, 0) is 116 Å². The summed E-state index contributed by atoms with van der Waals surface area (Å²) in [5, 5.41) is 0. The molecule has 0 atom stereocenters. The van der Waals surface area contributed by atoms with Crippen LogP contribution in [0.15, 0.2) is 194 Å². The molecule has 2 aliphatic rings. The highest BCUT2D eigenvalue weighted by atomic mass is 15.1. The predicted octanol–water partition coefficient (Wildman–Crippen LogP) is 14.1. The number of nitrogens with zero attached hydrogens (tertiary/aromatic N) is 1. The Morgan fingerprint density at radius 3 is 1.26 bits per heavy atom. The Hall–Kier alpha value is -6.44. The molecule has 10 rings (SSSR count). The van der Waals surface area contributed by atoms with E-state index in [0.29, 0.717) is 0 Å². The maximum atomic E-state index is 2.42. The fourth-order valence-electron chi connectivity index (χ4n) is 9.42. The molecule has 0 aromatic heterocycles. The quantitative estimate of drug-likeness (QED) is 0.168. The van der Waals surface area contributed by atoms with Crippen LogP contribution in [0.1, 0.15) is 48.6 Å². The van der Waals surface area contributed by atoms with Crippen LogP contribution in [-0.2, 0) is 10.8 Å². The monoisotopic (exact) mass is 691 g/mol.